The van der Waals surface area contributed by atoms with Gasteiger partial charge in [-0.3, -0.25) is 9.69 Å². The van der Waals surface area contributed by atoms with Gasteiger partial charge in [-0.25, -0.2) is 4.79 Å². The van der Waals surface area contributed by atoms with Crippen LogP contribution in [0.3, 0.4) is 0 Å². The molecule has 114 valence electrons. The zero-order chi connectivity index (χ0) is 14.7. The Morgan fingerprint density at radius 3 is 2.40 bits per heavy atom. The van der Waals surface area contributed by atoms with Crippen molar-refractivity contribution in [1.29, 1.82) is 0 Å². The minimum absolute atomic E-state index is 0.0775. The Balaban J connectivity index is 1.65. The predicted molar refractivity (Wildman–Crippen MR) is 75.5 cm³/mol. The van der Waals surface area contributed by atoms with E-state index < -0.39 is 5.97 Å². The van der Waals surface area contributed by atoms with Crippen LogP contribution in [0.2, 0.25) is 0 Å². The minimum Gasteiger partial charge on any atom is -0.480 e. The second kappa shape index (κ2) is 6.43. The maximum Gasteiger partial charge on any atom is 0.317 e. The van der Waals surface area contributed by atoms with E-state index in [1.54, 1.807) is 0 Å². The third-order valence-corrected chi connectivity index (χ3v) is 4.65. The third kappa shape index (κ3) is 3.62. The molecule has 2 unspecified atom stereocenters. The van der Waals surface area contributed by atoms with Gasteiger partial charge in [-0.1, -0.05) is 13.8 Å². The number of nitrogens with one attached hydrogen (secondary N) is 2. The van der Waals surface area contributed by atoms with Gasteiger partial charge in [-0.2, -0.15) is 0 Å². The van der Waals surface area contributed by atoms with Crippen LogP contribution in [0, 0.1) is 5.92 Å². The number of carbonyl (C=O) groups is 2. The van der Waals surface area contributed by atoms with Crippen molar-refractivity contribution in [2.45, 2.75) is 57.7 Å². The van der Waals surface area contributed by atoms with Gasteiger partial charge in [0.05, 0.1) is 6.54 Å². The maximum atomic E-state index is 11.8. The number of urea groups is 1. The monoisotopic (exact) mass is 283 g/mol. The van der Waals surface area contributed by atoms with E-state index in [0.29, 0.717) is 12.0 Å². The molecule has 6 heteroatoms. The lowest BCUT2D eigenvalue weighted by Gasteiger charge is -2.42. The molecule has 2 aliphatic rings. The number of hydrogen-bond donors (Lipinski definition) is 3. The highest BCUT2D eigenvalue weighted by Gasteiger charge is 2.35. The van der Waals surface area contributed by atoms with Crippen LogP contribution in [0.5, 0.6) is 0 Å². The van der Waals surface area contributed by atoms with Crippen molar-refractivity contribution in [3.8, 4) is 0 Å². The molecule has 0 heterocycles. The lowest BCUT2D eigenvalue weighted by atomic mass is 9.81. The molecule has 0 saturated heterocycles. The third-order valence-electron chi connectivity index (χ3n) is 4.65. The summed E-state index contributed by atoms with van der Waals surface area (Å²) < 4.78 is 0. The first kappa shape index (κ1) is 15.1. The molecule has 2 rings (SSSR count). The number of aliphatic carboxylic acids is 1. The molecule has 0 aliphatic heterocycles. The van der Waals surface area contributed by atoms with E-state index in [1.807, 2.05) is 11.8 Å². The highest BCUT2D eigenvalue weighted by Crippen LogP contribution is 2.27. The van der Waals surface area contributed by atoms with Crippen LogP contribution in [0.1, 0.15) is 39.5 Å². The number of amides is 2. The van der Waals surface area contributed by atoms with Gasteiger partial charge in [0, 0.05) is 18.1 Å². The Morgan fingerprint density at radius 1 is 1.25 bits per heavy atom. The van der Waals surface area contributed by atoms with E-state index in [9.17, 15) is 9.59 Å². The second-order valence-electron chi connectivity index (χ2n) is 6.06. The predicted octanol–water partition coefficient (Wildman–Crippen LogP) is 1.02. The minimum atomic E-state index is -0.792. The molecule has 2 aliphatic carbocycles. The molecular weight excluding hydrogens is 258 g/mol. The van der Waals surface area contributed by atoms with Crippen molar-refractivity contribution >= 4 is 12.0 Å². The first-order valence-electron chi connectivity index (χ1n) is 7.52. The van der Waals surface area contributed by atoms with Crippen molar-refractivity contribution in [3.63, 3.8) is 0 Å². The largest absolute Gasteiger partial charge is 0.480 e. The highest BCUT2D eigenvalue weighted by molar-refractivity contribution is 5.75. The van der Waals surface area contributed by atoms with E-state index in [2.05, 4.69) is 17.6 Å². The van der Waals surface area contributed by atoms with Crippen LogP contribution in [-0.4, -0.2) is 53.2 Å². The molecule has 6 nitrogen and oxygen atoms in total. The first-order chi connectivity index (χ1) is 9.49. The molecule has 2 atom stereocenters. The van der Waals surface area contributed by atoms with E-state index in [0.717, 1.165) is 25.8 Å². The van der Waals surface area contributed by atoms with Gasteiger partial charge in [-0.15, -0.1) is 0 Å². The summed E-state index contributed by atoms with van der Waals surface area (Å²) in [4.78, 5) is 24.5. The Kier molecular flexibility index (Phi) is 4.86. The normalized spacial score (nSPS) is 32.1. The molecular formula is C14H25N3O3. The molecule has 0 bridgehead atoms. The molecule has 0 spiro atoms. The lowest BCUT2D eigenvalue weighted by Crippen LogP contribution is -2.58. The Labute approximate surface area is 119 Å². The summed E-state index contributed by atoms with van der Waals surface area (Å²) in [5.41, 5.74) is 0. The van der Waals surface area contributed by atoms with Gasteiger partial charge in [0.1, 0.15) is 0 Å². The van der Waals surface area contributed by atoms with Gasteiger partial charge in [0.2, 0.25) is 0 Å². The first-order valence-corrected chi connectivity index (χ1v) is 7.52. The van der Waals surface area contributed by atoms with E-state index in [-0.39, 0.29) is 24.7 Å². The summed E-state index contributed by atoms with van der Waals surface area (Å²) in [5.74, 6) is -0.207. The number of nitrogens with zero attached hydrogens (tertiary/aromatic N) is 1. The summed E-state index contributed by atoms with van der Waals surface area (Å²) in [7, 11) is 0. The van der Waals surface area contributed by atoms with Crippen LogP contribution >= 0.6 is 0 Å². The fourth-order valence-electron chi connectivity index (χ4n) is 2.95. The molecule has 0 radical (unpaired) electrons. The SMILES string of the molecule is CCN(CC(=O)O)C1CC(NC(=O)NC2CCC2C)C1. The quantitative estimate of drug-likeness (QED) is 0.680. The zero-order valence-corrected chi connectivity index (χ0v) is 12.3. The van der Waals surface area contributed by atoms with Gasteiger partial charge in [-0.05, 0) is 38.1 Å². The number of rotatable bonds is 6. The summed E-state index contributed by atoms with van der Waals surface area (Å²) in [6, 6.07) is 0.707. The molecule has 0 aromatic heterocycles. The average Bonchev–Trinajstić information content (AvgIpc) is 2.35. The zero-order valence-electron chi connectivity index (χ0n) is 12.3. The van der Waals surface area contributed by atoms with Gasteiger partial charge in [0.15, 0.2) is 0 Å². The highest BCUT2D eigenvalue weighted by atomic mass is 16.4. The Morgan fingerprint density at radius 2 is 1.95 bits per heavy atom. The van der Waals surface area contributed by atoms with Crippen LogP contribution < -0.4 is 10.6 Å². The number of hydrogen-bond acceptors (Lipinski definition) is 3. The van der Waals surface area contributed by atoms with Crippen molar-refractivity contribution in [3.05, 3.63) is 0 Å². The fraction of sp³-hybridized carbons (Fsp3) is 0.857. The van der Waals surface area contributed by atoms with E-state index in [1.165, 1.54) is 6.42 Å². The topological polar surface area (TPSA) is 81.7 Å². The van der Waals surface area contributed by atoms with Crippen LogP contribution in [0.15, 0.2) is 0 Å². The van der Waals surface area contributed by atoms with E-state index in [4.69, 9.17) is 5.11 Å². The van der Waals surface area contributed by atoms with E-state index >= 15 is 0 Å². The molecule has 0 aromatic carbocycles. The maximum absolute atomic E-state index is 11.8. The van der Waals surface area contributed by atoms with Crippen molar-refractivity contribution in [1.82, 2.24) is 15.5 Å². The van der Waals surface area contributed by atoms with Crippen molar-refractivity contribution < 1.29 is 14.7 Å². The Hall–Kier alpha value is -1.30. The summed E-state index contributed by atoms with van der Waals surface area (Å²) >= 11 is 0. The summed E-state index contributed by atoms with van der Waals surface area (Å²) in [5, 5.41) is 14.8. The molecule has 20 heavy (non-hydrogen) atoms. The van der Waals surface area contributed by atoms with Crippen LogP contribution in [-0.2, 0) is 4.79 Å². The number of likely N-dealkylation sites (N-methyl/N-ethyl adjacent to an activating group) is 1. The Bertz CT molecular complexity index is 369. The molecule has 2 saturated carbocycles. The number of carbonyl (C=O) groups excluding carboxylic acids is 1. The van der Waals surface area contributed by atoms with Crippen LogP contribution in [0.25, 0.3) is 0 Å². The molecule has 2 fully saturated rings. The lowest BCUT2D eigenvalue weighted by molar-refractivity contribution is -0.139. The second-order valence-corrected chi connectivity index (χ2v) is 6.06. The van der Waals surface area contributed by atoms with Crippen LogP contribution in [0.4, 0.5) is 4.79 Å². The van der Waals surface area contributed by atoms with Gasteiger partial charge in [0.25, 0.3) is 0 Å². The summed E-state index contributed by atoms with van der Waals surface area (Å²) in [6.07, 6.45) is 3.95. The average molecular weight is 283 g/mol. The van der Waals surface area contributed by atoms with Crippen molar-refractivity contribution in [2.75, 3.05) is 13.1 Å². The van der Waals surface area contributed by atoms with Crippen molar-refractivity contribution in [2.24, 2.45) is 5.92 Å². The fourth-order valence-corrected chi connectivity index (χ4v) is 2.95. The number of carboxylic acid groups (broad SMARTS) is 1. The summed E-state index contributed by atoms with van der Waals surface area (Å²) in [6.45, 7) is 4.93. The van der Waals surface area contributed by atoms with Gasteiger partial charge < -0.3 is 15.7 Å². The van der Waals surface area contributed by atoms with Gasteiger partial charge >= 0.3 is 12.0 Å². The molecule has 2 amide bonds. The molecule has 0 aromatic rings. The smallest absolute Gasteiger partial charge is 0.317 e. The number of carboxylic acids is 1. The molecule has 3 N–H and O–H groups in total. The standard InChI is InChI=1S/C14H25N3O3/c1-3-17(8-13(18)19)11-6-10(7-11)15-14(20)16-12-5-4-9(12)2/h9-12H,3-8H2,1-2H3,(H,18,19)(H2,15,16,20).